The number of rotatable bonds is 2. The van der Waals surface area contributed by atoms with Gasteiger partial charge in [0, 0.05) is 0 Å². The highest BCUT2D eigenvalue weighted by Crippen LogP contribution is 2.14. The Bertz CT molecular complexity index is 289. The van der Waals surface area contributed by atoms with E-state index in [1.54, 1.807) is 12.2 Å². The molecule has 0 bridgehead atoms. The molecule has 0 aliphatic heterocycles. The molecule has 0 saturated heterocycles. The van der Waals surface area contributed by atoms with E-state index in [0.29, 0.717) is 16.4 Å². The SMILES string of the molecule is C=Nc1nnn(O)c1/C=C\C. The molecule has 0 radical (unpaired) electrons. The quantitative estimate of drug-likeness (QED) is 0.505. The first kappa shape index (κ1) is 7.46. The summed E-state index contributed by atoms with van der Waals surface area (Å²) < 4.78 is 0. The zero-order chi connectivity index (χ0) is 8.27. The summed E-state index contributed by atoms with van der Waals surface area (Å²) in [6.45, 7) is 5.10. The van der Waals surface area contributed by atoms with Crippen LogP contribution in [0.2, 0.25) is 0 Å². The maximum atomic E-state index is 9.00. The predicted octanol–water partition coefficient (Wildman–Crippen LogP) is 0.881. The molecule has 5 nitrogen and oxygen atoms in total. The van der Waals surface area contributed by atoms with E-state index in [4.69, 9.17) is 5.21 Å². The molecule has 0 spiro atoms. The van der Waals surface area contributed by atoms with Crippen molar-refractivity contribution in [2.24, 2.45) is 4.99 Å². The lowest BCUT2D eigenvalue weighted by Gasteiger charge is -1.89. The number of nitrogens with zero attached hydrogens (tertiary/aromatic N) is 4. The summed E-state index contributed by atoms with van der Waals surface area (Å²) in [5.41, 5.74) is 0.433. The maximum absolute atomic E-state index is 9.00. The Balaban J connectivity index is 3.17. The number of hydrogen-bond donors (Lipinski definition) is 1. The zero-order valence-electron chi connectivity index (χ0n) is 6.10. The molecular formula is C6H8N4O. The van der Waals surface area contributed by atoms with Crippen LogP contribution in [0, 0.1) is 0 Å². The van der Waals surface area contributed by atoms with Crippen molar-refractivity contribution in [3.63, 3.8) is 0 Å². The van der Waals surface area contributed by atoms with Crippen LogP contribution in [0.1, 0.15) is 12.6 Å². The van der Waals surface area contributed by atoms with E-state index >= 15 is 0 Å². The largest absolute Gasteiger partial charge is 0.410 e. The van der Waals surface area contributed by atoms with Crippen LogP contribution >= 0.6 is 0 Å². The summed E-state index contributed by atoms with van der Waals surface area (Å²) in [5, 5.41) is 15.9. The van der Waals surface area contributed by atoms with Gasteiger partial charge in [-0.25, -0.2) is 4.99 Å². The molecule has 1 heterocycles. The lowest BCUT2D eigenvalue weighted by molar-refractivity contribution is 0.141. The van der Waals surface area contributed by atoms with Crippen LogP contribution in [0.3, 0.4) is 0 Å². The van der Waals surface area contributed by atoms with Gasteiger partial charge in [0.15, 0.2) is 0 Å². The highest BCUT2D eigenvalue weighted by Gasteiger charge is 2.05. The molecular weight excluding hydrogens is 144 g/mol. The number of allylic oxidation sites excluding steroid dienone is 1. The van der Waals surface area contributed by atoms with Crippen LogP contribution in [-0.4, -0.2) is 27.1 Å². The fourth-order valence-corrected chi connectivity index (χ4v) is 0.685. The molecule has 0 aliphatic carbocycles. The van der Waals surface area contributed by atoms with Crippen LogP contribution in [0.4, 0.5) is 5.82 Å². The molecule has 1 aromatic heterocycles. The molecule has 11 heavy (non-hydrogen) atoms. The van der Waals surface area contributed by atoms with Gasteiger partial charge in [-0.15, -0.1) is 5.10 Å². The molecule has 0 atom stereocenters. The summed E-state index contributed by atoms with van der Waals surface area (Å²) in [7, 11) is 0. The lowest BCUT2D eigenvalue weighted by atomic mass is 10.4. The molecule has 0 unspecified atom stereocenters. The average molecular weight is 152 g/mol. The first-order chi connectivity index (χ1) is 5.29. The normalized spacial score (nSPS) is 10.6. The van der Waals surface area contributed by atoms with E-state index in [-0.39, 0.29) is 0 Å². The van der Waals surface area contributed by atoms with E-state index in [9.17, 15) is 0 Å². The van der Waals surface area contributed by atoms with Crippen molar-refractivity contribution in [2.75, 3.05) is 0 Å². The van der Waals surface area contributed by atoms with Crippen molar-refractivity contribution in [2.45, 2.75) is 6.92 Å². The molecule has 0 aromatic carbocycles. The van der Waals surface area contributed by atoms with E-state index in [1.165, 1.54) is 0 Å². The molecule has 1 aromatic rings. The molecule has 0 amide bonds. The topological polar surface area (TPSA) is 63.3 Å². The van der Waals surface area contributed by atoms with E-state index in [2.05, 4.69) is 22.0 Å². The molecule has 0 aliphatic rings. The molecule has 0 saturated carbocycles. The monoisotopic (exact) mass is 152 g/mol. The Kier molecular flexibility index (Phi) is 2.00. The van der Waals surface area contributed by atoms with Crippen LogP contribution in [0.25, 0.3) is 6.08 Å². The average Bonchev–Trinajstić information content (AvgIpc) is 2.34. The van der Waals surface area contributed by atoms with Crippen molar-refractivity contribution in [3.8, 4) is 0 Å². The first-order valence-corrected chi connectivity index (χ1v) is 3.04. The molecule has 0 fully saturated rings. The van der Waals surface area contributed by atoms with Crippen molar-refractivity contribution >= 4 is 18.6 Å². The van der Waals surface area contributed by atoms with Crippen molar-refractivity contribution in [1.29, 1.82) is 0 Å². The summed E-state index contributed by atoms with van der Waals surface area (Å²) in [4.78, 5) is 4.21. The first-order valence-electron chi connectivity index (χ1n) is 3.04. The van der Waals surface area contributed by atoms with Crippen LogP contribution in [0.5, 0.6) is 0 Å². The summed E-state index contributed by atoms with van der Waals surface area (Å²) in [6.07, 6.45) is 3.39. The van der Waals surface area contributed by atoms with E-state index in [1.807, 2.05) is 6.92 Å². The maximum Gasteiger partial charge on any atom is 0.205 e. The number of aromatic nitrogens is 3. The van der Waals surface area contributed by atoms with Gasteiger partial charge in [0.2, 0.25) is 5.82 Å². The number of aliphatic imine (C=N–C) groups is 1. The van der Waals surface area contributed by atoms with Gasteiger partial charge >= 0.3 is 0 Å². The van der Waals surface area contributed by atoms with Gasteiger partial charge in [0.1, 0.15) is 5.69 Å². The smallest absolute Gasteiger partial charge is 0.205 e. The van der Waals surface area contributed by atoms with Gasteiger partial charge in [0.05, 0.1) is 0 Å². The van der Waals surface area contributed by atoms with E-state index < -0.39 is 0 Å². The highest BCUT2D eigenvalue weighted by atomic mass is 16.5. The Labute approximate surface area is 63.6 Å². The molecule has 1 N–H and O–H groups in total. The van der Waals surface area contributed by atoms with Gasteiger partial charge < -0.3 is 5.21 Å². The lowest BCUT2D eigenvalue weighted by Crippen LogP contribution is -1.94. The van der Waals surface area contributed by atoms with Crippen LogP contribution in [-0.2, 0) is 0 Å². The van der Waals surface area contributed by atoms with Crippen LogP contribution < -0.4 is 0 Å². The van der Waals surface area contributed by atoms with Gasteiger partial charge in [-0.2, -0.15) is 0 Å². The Morgan fingerprint density at radius 3 is 3.00 bits per heavy atom. The Hall–Kier alpha value is -1.65. The van der Waals surface area contributed by atoms with E-state index in [0.717, 1.165) is 0 Å². The van der Waals surface area contributed by atoms with Crippen molar-refractivity contribution in [1.82, 2.24) is 15.2 Å². The van der Waals surface area contributed by atoms with Gasteiger partial charge in [-0.1, -0.05) is 10.9 Å². The van der Waals surface area contributed by atoms with Gasteiger partial charge in [-0.3, -0.25) is 0 Å². The Morgan fingerprint density at radius 2 is 2.45 bits per heavy atom. The summed E-state index contributed by atoms with van der Waals surface area (Å²) in [5.74, 6) is 0.325. The minimum absolute atomic E-state index is 0.325. The fraction of sp³-hybridized carbons (Fsp3) is 0.167. The van der Waals surface area contributed by atoms with Crippen molar-refractivity contribution in [3.05, 3.63) is 11.8 Å². The third kappa shape index (κ3) is 1.26. The second-order valence-electron chi connectivity index (χ2n) is 1.85. The van der Waals surface area contributed by atoms with Crippen molar-refractivity contribution < 1.29 is 5.21 Å². The minimum atomic E-state index is 0.325. The molecule has 5 heteroatoms. The molecule has 1 rings (SSSR count). The molecule has 58 valence electrons. The van der Waals surface area contributed by atoms with Gasteiger partial charge in [0.25, 0.3) is 0 Å². The third-order valence-electron chi connectivity index (χ3n) is 1.14. The zero-order valence-corrected chi connectivity index (χ0v) is 6.10. The fourth-order valence-electron chi connectivity index (χ4n) is 0.685. The Morgan fingerprint density at radius 1 is 1.73 bits per heavy atom. The van der Waals surface area contributed by atoms with Crippen LogP contribution in [0.15, 0.2) is 11.1 Å². The summed E-state index contributed by atoms with van der Waals surface area (Å²) >= 11 is 0. The van der Waals surface area contributed by atoms with Gasteiger partial charge in [-0.05, 0) is 24.9 Å². The third-order valence-corrected chi connectivity index (χ3v) is 1.14. The number of hydrogen-bond acceptors (Lipinski definition) is 4. The second-order valence-corrected chi connectivity index (χ2v) is 1.85. The minimum Gasteiger partial charge on any atom is -0.410 e. The second kappa shape index (κ2) is 2.96. The predicted molar refractivity (Wildman–Crippen MR) is 41.1 cm³/mol. The standard InChI is InChI=1S/C6H8N4O/c1-3-4-5-6(7-2)8-9-10(5)11/h3-4,11H,2H2,1H3/b4-3-. The highest BCUT2D eigenvalue weighted by molar-refractivity contribution is 5.58. The summed E-state index contributed by atoms with van der Waals surface area (Å²) in [6, 6.07) is 0.